The van der Waals surface area contributed by atoms with Gasteiger partial charge >= 0.3 is 0 Å². The molecule has 0 amide bonds. The number of nitrogens with one attached hydrogen (secondary N) is 2. The van der Waals surface area contributed by atoms with E-state index in [9.17, 15) is 0 Å². The predicted octanol–water partition coefficient (Wildman–Crippen LogP) is 2.41. The monoisotopic (exact) mass is 228 g/mol. The van der Waals surface area contributed by atoms with Crippen LogP contribution in [0.4, 0.5) is 0 Å². The maximum atomic E-state index is 5.14. The molecule has 0 aliphatic carbocycles. The Kier molecular flexibility index (Phi) is 4.72. The maximum Gasteiger partial charge on any atom is 0.0479 e. The normalized spacial score (nSPS) is 10.4. The fraction of sp³-hybridized carbons (Fsp3) is 0.143. The van der Waals surface area contributed by atoms with Crippen LogP contribution in [0, 0.1) is 0 Å². The molecule has 0 unspecified atom stereocenters. The first-order valence-electron chi connectivity index (χ1n) is 5.64. The topological polar surface area (TPSA) is 33.3 Å². The molecule has 3 heteroatoms. The Balaban J connectivity index is 1.61. The van der Waals surface area contributed by atoms with Gasteiger partial charge in [-0.15, -0.1) is 0 Å². The largest absolute Gasteiger partial charge is 0.213 e. The second-order valence-corrected chi connectivity index (χ2v) is 3.72. The highest BCUT2D eigenvalue weighted by atomic mass is 16.8. The van der Waals surface area contributed by atoms with Crippen molar-refractivity contribution in [2.24, 2.45) is 0 Å². The number of hydrogen-bond donors (Lipinski definition) is 2. The lowest BCUT2D eigenvalue weighted by Gasteiger charge is -2.06. The van der Waals surface area contributed by atoms with Gasteiger partial charge in [-0.05, 0) is 11.1 Å². The molecule has 17 heavy (non-hydrogen) atoms. The average molecular weight is 228 g/mol. The molecule has 2 aromatic rings. The smallest absolute Gasteiger partial charge is 0.0479 e. The molecule has 0 heterocycles. The van der Waals surface area contributed by atoms with Crippen molar-refractivity contribution in [1.82, 2.24) is 11.0 Å². The van der Waals surface area contributed by atoms with Gasteiger partial charge < -0.3 is 0 Å². The minimum Gasteiger partial charge on any atom is -0.213 e. The fourth-order valence-corrected chi connectivity index (χ4v) is 1.48. The Morgan fingerprint density at radius 3 is 1.47 bits per heavy atom. The number of benzene rings is 2. The Morgan fingerprint density at radius 2 is 1.06 bits per heavy atom. The van der Waals surface area contributed by atoms with E-state index >= 15 is 0 Å². The van der Waals surface area contributed by atoms with Crippen LogP contribution in [0.5, 0.6) is 0 Å². The zero-order valence-electron chi connectivity index (χ0n) is 9.60. The maximum absolute atomic E-state index is 5.14. The summed E-state index contributed by atoms with van der Waals surface area (Å²) < 4.78 is 0. The average Bonchev–Trinajstić information content (AvgIpc) is 2.41. The van der Waals surface area contributed by atoms with Crippen LogP contribution in [-0.2, 0) is 18.0 Å². The molecule has 2 N–H and O–H groups in total. The molecule has 0 radical (unpaired) electrons. The van der Waals surface area contributed by atoms with Crippen molar-refractivity contribution in [3.63, 3.8) is 0 Å². The molecule has 0 saturated carbocycles. The van der Waals surface area contributed by atoms with Crippen LogP contribution in [0.15, 0.2) is 60.7 Å². The van der Waals surface area contributed by atoms with Crippen LogP contribution in [-0.4, -0.2) is 0 Å². The van der Waals surface area contributed by atoms with E-state index in [2.05, 4.69) is 11.0 Å². The van der Waals surface area contributed by atoms with E-state index in [1.807, 2.05) is 60.7 Å². The zero-order chi connectivity index (χ0) is 11.8. The predicted molar refractivity (Wildman–Crippen MR) is 67.6 cm³/mol. The highest BCUT2D eigenvalue weighted by molar-refractivity contribution is 5.14. The number of hydroxylamine groups is 2. The van der Waals surface area contributed by atoms with Gasteiger partial charge in [0.15, 0.2) is 0 Å². The lowest BCUT2D eigenvalue weighted by Crippen LogP contribution is -2.25. The summed E-state index contributed by atoms with van der Waals surface area (Å²) in [6.45, 7) is 1.37. The van der Waals surface area contributed by atoms with Crippen LogP contribution in [0.25, 0.3) is 0 Å². The molecule has 2 rings (SSSR count). The molecule has 2 aromatic carbocycles. The third-order valence-corrected chi connectivity index (χ3v) is 2.38. The van der Waals surface area contributed by atoms with Crippen molar-refractivity contribution >= 4 is 0 Å². The van der Waals surface area contributed by atoms with E-state index in [0.717, 1.165) is 0 Å². The van der Waals surface area contributed by atoms with Gasteiger partial charge in [-0.2, -0.15) is 11.0 Å². The van der Waals surface area contributed by atoms with E-state index in [0.29, 0.717) is 13.1 Å². The Morgan fingerprint density at radius 1 is 0.647 bits per heavy atom. The third kappa shape index (κ3) is 4.36. The fourth-order valence-electron chi connectivity index (χ4n) is 1.48. The summed E-state index contributed by atoms with van der Waals surface area (Å²) in [5, 5.41) is 0. The van der Waals surface area contributed by atoms with Crippen molar-refractivity contribution in [3.05, 3.63) is 71.8 Å². The Labute approximate surface area is 101 Å². The summed E-state index contributed by atoms with van der Waals surface area (Å²) in [5.41, 5.74) is 8.10. The molecule has 0 aromatic heterocycles. The summed E-state index contributed by atoms with van der Waals surface area (Å²) in [4.78, 5) is 5.14. The Hall–Kier alpha value is -1.68. The van der Waals surface area contributed by atoms with Crippen molar-refractivity contribution in [2.45, 2.75) is 13.1 Å². The van der Waals surface area contributed by atoms with E-state index < -0.39 is 0 Å². The lowest BCUT2D eigenvalue weighted by molar-refractivity contribution is -0.0456. The summed E-state index contributed by atoms with van der Waals surface area (Å²) >= 11 is 0. The Bertz CT molecular complexity index is 375. The first-order valence-corrected chi connectivity index (χ1v) is 5.64. The van der Waals surface area contributed by atoms with Crippen molar-refractivity contribution < 1.29 is 4.94 Å². The SMILES string of the molecule is c1ccc(CNONCc2ccccc2)cc1. The lowest BCUT2D eigenvalue weighted by atomic mass is 10.2. The molecule has 0 saturated heterocycles. The molecule has 0 spiro atoms. The van der Waals surface area contributed by atoms with Gasteiger partial charge in [-0.3, -0.25) is 0 Å². The quantitative estimate of drug-likeness (QED) is 0.588. The highest BCUT2D eigenvalue weighted by Crippen LogP contribution is 1.98. The summed E-state index contributed by atoms with van der Waals surface area (Å²) in [6.07, 6.45) is 0. The number of rotatable bonds is 6. The summed E-state index contributed by atoms with van der Waals surface area (Å²) in [5.74, 6) is 0. The zero-order valence-corrected chi connectivity index (χ0v) is 9.60. The van der Waals surface area contributed by atoms with Gasteiger partial charge in [0.25, 0.3) is 0 Å². The summed E-state index contributed by atoms with van der Waals surface area (Å²) in [7, 11) is 0. The molecule has 0 aliphatic heterocycles. The molecule has 0 atom stereocenters. The van der Waals surface area contributed by atoms with Gasteiger partial charge in [-0.25, -0.2) is 4.94 Å². The molecule has 0 aliphatic rings. The van der Waals surface area contributed by atoms with Crippen molar-refractivity contribution in [3.8, 4) is 0 Å². The van der Waals surface area contributed by atoms with Gasteiger partial charge in [0.1, 0.15) is 0 Å². The van der Waals surface area contributed by atoms with Gasteiger partial charge in [0.05, 0.1) is 0 Å². The van der Waals surface area contributed by atoms with Crippen LogP contribution in [0.1, 0.15) is 11.1 Å². The molecular formula is C14H16N2O. The summed E-state index contributed by atoms with van der Waals surface area (Å²) in [6, 6.07) is 20.2. The highest BCUT2D eigenvalue weighted by Gasteiger charge is 1.92. The first kappa shape index (κ1) is 11.8. The third-order valence-electron chi connectivity index (χ3n) is 2.38. The second-order valence-electron chi connectivity index (χ2n) is 3.72. The first-order chi connectivity index (χ1) is 8.45. The van der Waals surface area contributed by atoms with Crippen molar-refractivity contribution in [2.75, 3.05) is 0 Å². The standard InChI is InChI=1S/C14H16N2O/c1-3-7-13(8-4-1)11-15-17-16-12-14-9-5-2-6-10-14/h1-10,15-16H,11-12H2. The molecule has 3 nitrogen and oxygen atoms in total. The van der Waals surface area contributed by atoms with Crippen molar-refractivity contribution in [1.29, 1.82) is 0 Å². The van der Waals surface area contributed by atoms with Crippen LogP contribution < -0.4 is 11.0 Å². The van der Waals surface area contributed by atoms with E-state index in [4.69, 9.17) is 4.94 Å². The van der Waals surface area contributed by atoms with E-state index in [1.54, 1.807) is 0 Å². The minimum absolute atomic E-state index is 0.683. The van der Waals surface area contributed by atoms with Crippen LogP contribution in [0.3, 0.4) is 0 Å². The minimum atomic E-state index is 0.683. The van der Waals surface area contributed by atoms with E-state index in [1.165, 1.54) is 11.1 Å². The number of hydrogen-bond acceptors (Lipinski definition) is 3. The van der Waals surface area contributed by atoms with Crippen LogP contribution in [0.2, 0.25) is 0 Å². The van der Waals surface area contributed by atoms with Gasteiger partial charge in [0.2, 0.25) is 0 Å². The molecule has 0 fully saturated rings. The van der Waals surface area contributed by atoms with Crippen LogP contribution >= 0.6 is 0 Å². The second kappa shape index (κ2) is 6.81. The molecule has 0 bridgehead atoms. The van der Waals surface area contributed by atoms with Gasteiger partial charge in [-0.1, -0.05) is 60.7 Å². The molecular weight excluding hydrogens is 212 g/mol. The van der Waals surface area contributed by atoms with E-state index in [-0.39, 0.29) is 0 Å². The molecule has 88 valence electrons. The van der Waals surface area contributed by atoms with Gasteiger partial charge in [0, 0.05) is 13.1 Å².